The second-order valence-corrected chi connectivity index (χ2v) is 6.75. The molecule has 2 aromatic carbocycles. The van der Waals surface area contributed by atoms with Crippen LogP contribution >= 0.6 is 0 Å². The number of ether oxygens (including phenoxy) is 2. The molecule has 0 heterocycles. The zero-order valence-corrected chi connectivity index (χ0v) is 14.4. The van der Waals surface area contributed by atoms with Crippen molar-refractivity contribution in [2.24, 2.45) is 0 Å². The van der Waals surface area contributed by atoms with Crippen molar-refractivity contribution in [2.75, 3.05) is 11.8 Å². The maximum absolute atomic E-state index is 12.3. The van der Waals surface area contributed by atoms with E-state index in [2.05, 4.69) is 9.46 Å². The van der Waals surface area contributed by atoms with E-state index < -0.39 is 28.1 Å². The van der Waals surface area contributed by atoms with Crippen LogP contribution in [0.1, 0.15) is 17.3 Å². The van der Waals surface area contributed by atoms with Crippen molar-refractivity contribution in [3.05, 3.63) is 60.2 Å². The number of carbonyl (C=O) groups excluding carboxylic acids is 2. The van der Waals surface area contributed by atoms with Crippen LogP contribution in [-0.2, 0) is 24.3 Å². The van der Waals surface area contributed by atoms with Gasteiger partial charge in [-0.1, -0.05) is 24.3 Å². The molecule has 0 amide bonds. The second-order valence-electron chi connectivity index (χ2n) is 5.07. The Morgan fingerprint density at radius 3 is 2.36 bits per heavy atom. The van der Waals surface area contributed by atoms with Crippen molar-refractivity contribution in [1.82, 2.24) is 0 Å². The third kappa shape index (κ3) is 4.80. The van der Waals surface area contributed by atoms with Crippen molar-refractivity contribution < 1.29 is 27.5 Å². The Labute approximate surface area is 145 Å². The number of nitrogens with one attached hydrogen (secondary N) is 1. The van der Waals surface area contributed by atoms with Gasteiger partial charge in [-0.05, 0) is 37.3 Å². The summed E-state index contributed by atoms with van der Waals surface area (Å²) in [5.41, 5.74) is 0.299. The number of rotatable bonds is 6. The van der Waals surface area contributed by atoms with E-state index >= 15 is 0 Å². The van der Waals surface area contributed by atoms with Gasteiger partial charge in [0.25, 0.3) is 10.0 Å². The molecule has 2 aromatic rings. The van der Waals surface area contributed by atoms with Crippen LogP contribution in [0.2, 0.25) is 0 Å². The number of benzene rings is 2. The standard InChI is InChI=1S/C17H17NO6S/c1-12(16(19)23-2)24-17(20)13-7-6-8-14(11-13)18-25(21,22)15-9-4-3-5-10-15/h3-12,18H,1-2H3/t12-/m1/s1. The number of methoxy groups -OCH3 is 1. The quantitative estimate of drug-likeness (QED) is 0.790. The highest BCUT2D eigenvalue weighted by molar-refractivity contribution is 7.92. The fourth-order valence-electron chi connectivity index (χ4n) is 1.97. The number of esters is 2. The molecule has 0 aromatic heterocycles. The maximum atomic E-state index is 12.3. The molecule has 0 saturated carbocycles. The fraction of sp³-hybridized carbons (Fsp3) is 0.176. The smallest absolute Gasteiger partial charge is 0.346 e. The van der Waals surface area contributed by atoms with Gasteiger partial charge in [0.05, 0.1) is 17.6 Å². The van der Waals surface area contributed by atoms with Crippen LogP contribution in [0.4, 0.5) is 5.69 Å². The van der Waals surface area contributed by atoms with E-state index in [1.807, 2.05) is 0 Å². The summed E-state index contributed by atoms with van der Waals surface area (Å²) in [6, 6.07) is 13.6. The van der Waals surface area contributed by atoms with E-state index in [0.29, 0.717) is 0 Å². The zero-order chi connectivity index (χ0) is 18.4. The first kappa shape index (κ1) is 18.5. The van der Waals surface area contributed by atoms with Crippen LogP contribution in [0.15, 0.2) is 59.5 Å². The van der Waals surface area contributed by atoms with Crippen molar-refractivity contribution >= 4 is 27.6 Å². The minimum atomic E-state index is -3.77. The van der Waals surface area contributed by atoms with Crippen LogP contribution in [0.25, 0.3) is 0 Å². The Balaban J connectivity index is 2.16. The van der Waals surface area contributed by atoms with Gasteiger partial charge in [0.2, 0.25) is 0 Å². The Hall–Kier alpha value is -2.87. The van der Waals surface area contributed by atoms with Crippen molar-refractivity contribution in [1.29, 1.82) is 0 Å². The lowest BCUT2D eigenvalue weighted by Crippen LogP contribution is -2.25. The zero-order valence-electron chi connectivity index (χ0n) is 13.6. The summed E-state index contributed by atoms with van der Waals surface area (Å²) in [5.74, 6) is -1.45. The first-order valence-corrected chi connectivity index (χ1v) is 8.78. The van der Waals surface area contributed by atoms with E-state index in [1.165, 1.54) is 50.4 Å². The van der Waals surface area contributed by atoms with Gasteiger partial charge < -0.3 is 9.47 Å². The molecule has 2 rings (SSSR count). The van der Waals surface area contributed by atoms with Crippen molar-refractivity contribution in [2.45, 2.75) is 17.9 Å². The predicted molar refractivity (Wildman–Crippen MR) is 90.6 cm³/mol. The highest BCUT2D eigenvalue weighted by atomic mass is 32.2. The van der Waals surface area contributed by atoms with Gasteiger partial charge >= 0.3 is 11.9 Å². The minimum Gasteiger partial charge on any atom is -0.466 e. The van der Waals surface area contributed by atoms with E-state index in [-0.39, 0.29) is 16.1 Å². The summed E-state index contributed by atoms with van der Waals surface area (Å²) in [5, 5.41) is 0. The van der Waals surface area contributed by atoms with Gasteiger partial charge in [-0.25, -0.2) is 18.0 Å². The van der Waals surface area contributed by atoms with Gasteiger partial charge in [-0.3, -0.25) is 4.72 Å². The van der Waals surface area contributed by atoms with Crippen LogP contribution in [0.3, 0.4) is 0 Å². The number of carbonyl (C=O) groups is 2. The molecule has 0 radical (unpaired) electrons. The van der Waals surface area contributed by atoms with Gasteiger partial charge in [-0.15, -0.1) is 0 Å². The molecule has 1 atom stereocenters. The first-order chi connectivity index (χ1) is 11.8. The van der Waals surface area contributed by atoms with Crippen LogP contribution in [0.5, 0.6) is 0 Å². The molecule has 132 valence electrons. The van der Waals surface area contributed by atoms with E-state index in [9.17, 15) is 18.0 Å². The molecule has 1 N–H and O–H groups in total. The number of sulfonamides is 1. The molecule has 0 bridgehead atoms. The van der Waals surface area contributed by atoms with Crippen LogP contribution in [-0.4, -0.2) is 33.6 Å². The first-order valence-electron chi connectivity index (χ1n) is 7.30. The number of hydrogen-bond donors (Lipinski definition) is 1. The average molecular weight is 363 g/mol. The SMILES string of the molecule is COC(=O)[C@@H](C)OC(=O)c1cccc(NS(=O)(=O)c2ccccc2)c1. The Morgan fingerprint density at radius 1 is 1.04 bits per heavy atom. The topological polar surface area (TPSA) is 98.8 Å². The Morgan fingerprint density at radius 2 is 1.72 bits per heavy atom. The number of hydrogen-bond acceptors (Lipinski definition) is 6. The summed E-state index contributed by atoms with van der Waals surface area (Å²) < 4.78 is 36.4. The molecule has 0 spiro atoms. The molecule has 0 fully saturated rings. The third-order valence-electron chi connectivity index (χ3n) is 3.22. The van der Waals surface area contributed by atoms with Gasteiger partial charge in [0.1, 0.15) is 0 Å². The molecule has 0 aliphatic carbocycles. The molecule has 25 heavy (non-hydrogen) atoms. The van der Waals surface area contributed by atoms with Crippen LogP contribution in [0, 0.1) is 0 Å². The highest BCUT2D eigenvalue weighted by Gasteiger charge is 2.20. The van der Waals surface area contributed by atoms with Gasteiger partial charge in [0.15, 0.2) is 6.10 Å². The number of anilines is 1. The Kier molecular flexibility index (Phi) is 5.76. The van der Waals surface area contributed by atoms with Crippen molar-refractivity contribution in [3.63, 3.8) is 0 Å². The lowest BCUT2D eigenvalue weighted by atomic mass is 10.2. The third-order valence-corrected chi connectivity index (χ3v) is 4.62. The summed E-state index contributed by atoms with van der Waals surface area (Å²) >= 11 is 0. The molecule has 0 aliphatic rings. The monoisotopic (exact) mass is 363 g/mol. The molecule has 0 unspecified atom stereocenters. The summed E-state index contributed by atoms with van der Waals surface area (Å²) in [7, 11) is -2.59. The maximum Gasteiger partial charge on any atom is 0.346 e. The largest absolute Gasteiger partial charge is 0.466 e. The van der Waals surface area contributed by atoms with Gasteiger partial charge in [0, 0.05) is 5.69 Å². The normalized spacial score (nSPS) is 12.1. The van der Waals surface area contributed by atoms with E-state index in [4.69, 9.17) is 4.74 Å². The second kappa shape index (κ2) is 7.80. The minimum absolute atomic E-state index is 0.0993. The van der Waals surface area contributed by atoms with E-state index in [0.717, 1.165) is 0 Å². The summed E-state index contributed by atoms with van der Waals surface area (Å²) in [6.07, 6.45) is -1.07. The highest BCUT2D eigenvalue weighted by Crippen LogP contribution is 2.18. The molecule has 8 heteroatoms. The molecular weight excluding hydrogens is 346 g/mol. The summed E-state index contributed by atoms with van der Waals surface area (Å²) in [4.78, 5) is 23.5. The fourth-order valence-corrected chi connectivity index (χ4v) is 3.04. The van der Waals surface area contributed by atoms with Crippen molar-refractivity contribution in [3.8, 4) is 0 Å². The lowest BCUT2D eigenvalue weighted by Gasteiger charge is -2.12. The molecular formula is C17H17NO6S. The average Bonchev–Trinajstić information content (AvgIpc) is 2.61. The summed E-state index contributed by atoms with van der Waals surface area (Å²) in [6.45, 7) is 1.38. The van der Waals surface area contributed by atoms with E-state index in [1.54, 1.807) is 18.2 Å². The lowest BCUT2D eigenvalue weighted by molar-refractivity contribution is -0.149. The molecule has 0 aliphatic heterocycles. The molecule has 0 saturated heterocycles. The van der Waals surface area contributed by atoms with Crippen LogP contribution < -0.4 is 4.72 Å². The Bertz CT molecular complexity index is 864. The predicted octanol–water partition coefficient (Wildman–Crippen LogP) is 2.21. The van der Waals surface area contributed by atoms with Gasteiger partial charge in [-0.2, -0.15) is 0 Å². The molecule has 7 nitrogen and oxygen atoms in total.